The van der Waals surface area contributed by atoms with Crippen LogP contribution in [-0.2, 0) is 4.79 Å². The first-order chi connectivity index (χ1) is 10.9. The number of rotatable bonds is 4. The Hall–Kier alpha value is -1.30. The third-order valence-electron chi connectivity index (χ3n) is 4.10. The molecule has 3 N–H and O–H groups in total. The molecule has 1 saturated heterocycles. The van der Waals surface area contributed by atoms with Gasteiger partial charge in [0.2, 0.25) is 5.91 Å². The summed E-state index contributed by atoms with van der Waals surface area (Å²) in [6.45, 7) is 5.11. The minimum Gasteiger partial charge on any atom is -0.340 e. The van der Waals surface area contributed by atoms with E-state index >= 15 is 0 Å². The molecular weight excluding hydrogens is 349 g/mol. The van der Waals surface area contributed by atoms with E-state index in [1.165, 1.54) is 0 Å². The number of nitrogens with two attached hydrogens (primary N) is 1. The second-order valence-corrected chi connectivity index (χ2v) is 6.83. The maximum absolute atomic E-state index is 12.7. The van der Waals surface area contributed by atoms with Gasteiger partial charge in [0.05, 0.1) is 0 Å². The van der Waals surface area contributed by atoms with E-state index in [9.17, 15) is 9.59 Å². The van der Waals surface area contributed by atoms with Gasteiger partial charge in [-0.05, 0) is 43.0 Å². The molecule has 0 bridgehead atoms. The highest BCUT2D eigenvalue weighted by Crippen LogP contribution is 2.14. The monoisotopic (exact) mass is 373 g/mol. The van der Waals surface area contributed by atoms with Gasteiger partial charge in [0.15, 0.2) is 0 Å². The van der Waals surface area contributed by atoms with Crippen molar-refractivity contribution in [2.24, 2.45) is 11.7 Å². The van der Waals surface area contributed by atoms with Gasteiger partial charge >= 0.3 is 0 Å². The fourth-order valence-electron chi connectivity index (χ4n) is 2.75. The summed E-state index contributed by atoms with van der Waals surface area (Å²) in [5.41, 5.74) is 6.44. The zero-order valence-corrected chi connectivity index (χ0v) is 15.6. The van der Waals surface area contributed by atoms with Crippen molar-refractivity contribution in [2.75, 3.05) is 13.1 Å². The van der Waals surface area contributed by atoms with Crippen molar-refractivity contribution in [2.45, 2.75) is 38.8 Å². The summed E-state index contributed by atoms with van der Waals surface area (Å²) < 4.78 is 0. The summed E-state index contributed by atoms with van der Waals surface area (Å²) in [6, 6.07) is 6.08. The Morgan fingerprint density at radius 2 is 1.92 bits per heavy atom. The number of halogens is 2. The number of carbonyl (C=O) groups is 2. The third-order valence-corrected chi connectivity index (χ3v) is 4.35. The van der Waals surface area contributed by atoms with Crippen LogP contribution in [0, 0.1) is 5.92 Å². The number of amides is 2. The molecule has 2 rings (SSSR count). The van der Waals surface area contributed by atoms with Gasteiger partial charge in [-0.1, -0.05) is 25.4 Å². The summed E-state index contributed by atoms with van der Waals surface area (Å²) in [5, 5.41) is 3.42. The number of hydrogen-bond acceptors (Lipinski definition) is 3. The highest BCUT2D eigenvalue weighted by molar-refractivity contribution is 6.30. The molecule has 0 saturated carbocycles. The molecular formula is C17H25Cl2N3O2. The fourth-order valence-corrected chi connectivity index (χ4v) is 2.87. The lowest BCUT2D eigenvalue weighted by Gasteiger charge is -2.34. The molecule has 2 atom stereocenters. The molecule has 1 aliphatic rings. The van der Waals surface area contributed by atoms with Crippen LogP contribution in [0.4, 0.5) is 0 Å². The minimum absolute atomic E-state index is 0. The van der Waals surface area contributed by atoms with E-state index in [1.54, 1.807) is 29.2 Å². The molecule has 0 aliphatic carbocycles. The Kier molecular flexibility index (Phi) is 8.00. The maximum Gasteiger partial charge on any atom is 0.251 e. The summed E-state index contributed by atoms with van der Waals surface area (Å²) in [6.07, 6.45) is 1.84. The van der Waals surface area contributed by atoms with Gasteiger partial charge in [-0.25, -0.2) is 0 Å². The lowest BCUT2D eigenvalue weighted by Crippen LogP contribution is -2.55. The van der Waals surface area contributed by atoms with E-state index in [1.807, 2.05) is 13.8 Å². The zero-order chi connectivity index (χ0) is 17.0. The number of piperidine rings is 1. The Labute approximate surface area is 154 Å². The summed E-state index contributed by atoms with van der Waals surface area (Å²) in [7, 11) is 0. The zero-order valence-electron chi connectivity index (χ0n) is 14.0. The van der Waals surface area contributed by atoms with E-state index < -0.39 is 6.04 Å². The molecule has 2 amide bonds. The van der Waals surface area contributed by atoms with Crippen molar-refractivity contribution < 1.29 is 9.59 Å². The molecule has 0 spiro atoms. The summed E-state index contributed by atoms with van der Waals surface area (Å²) in [5.74, 6) is -0.329. The van der Waals surface area contributed by atoms with E-state index in [4.69, 9.17) is 17.3 Å². The van der Waals surface area contributed by atoms with Crippen LogP contribution in [0.5, 0.6) is 0 Å². The van der Waals surface area contributed by atoms with Crippen LogP contribution in [0.15, 0.2) is 24.3 Å². The van der Waals surface area contributed by atoms with Gasteiger partial charge in [0.25, 0.3) is 5.91 Å². The van der Waals surface area contributed by atoms with Crippen molar-refractivity contribution in [1.29, 1.82) is 0 Å². The van der Waals surface area contributed by atoms with E-state index in [2.05, 4.69) is 5.32 Å². The molecule has 1 aliphatic heterocycles. The van der Waals surface area contributed by atoms with Gasteiger partial charge in [0, 0.05) is 29.7 Å². The number of hydrogen-bond donors (Lipinski definition) is 2. The second-order valence-electron chi connectivity index (χ2n) is 6.39. The second kappa shape index (κ2) is 9.25. The fraction of sp³-hybridized carbons (Fsp3) is 0.529. The van der Waals surface area contributed by atoms with Crippen LogP contribution < -0.4 is 11.1 Å². The summed E-state index contributed by atoms with van der Waals surface area (Å²) >= 11 is 5.83. The minimum atomic E-state index is -0.552. The highest BCUT2D eigenvalue weighted by Gasteiger charge is 2.31. The maximum atomic E-state index is 12.7. The van der Waals surface area contributed by atoms with Crippen molar-refractivity contribution in [3.05, 3.63) is 34.9 Å². The molecule has 7 heteroatoms. The molecule has 2 unspecified atom stereocenters. The Morgan fingerprint density at radius 1 is 1.29 bits per heavy atom. The molecule has 0 radical (unpaired) electrons. The Balaban J connectivity index is 0.00000288. The van der Waals surface area contributed by atoms with Crippen molar-refractivity contribution in [1.82, 2.24) is 10.2 Å². The van der Waals surface area contributed by atoms with Gasteiger partial charge < -0.3 is 16.0 Å². The lowest BCUT2D eigenvalue weighted by atomic mass is 9.99. The van der Waals surface area contributed by atoms with Gasteiger partial charge in [0.1, 0.15) is 6.04 Å². The lowest BCUT2D eigenvalue weighted by molar-refractivity contribution is -0.135. The van der Waals surface area contributed by atoms with Crippen LogP contribution in [0.2, 0.25) is 5.02 Å². The first kappa shape index (κ1) is 20.7. The van der Waals surface area contributed by atoms with E-state index in [0.29, 0.717) is 23.7 Å². The first-order valence-electron chi connectivity index (χ1n) is 7.99. The molecule has 1 heterocycles. The van der Waals surface area contributed by atoms with Crippen LogP contribution in [0.1, 0.15) is 37.0 Å². The largest absolute Gasteiger partial charge is 0.340 e. The van der Waals surface area contributed by atoms with Crippen molar-refractivity contribution in [3.63, 3.8) is 0 Å². The van der Waals surface area contributed by atoms with Gasteiger partial charge in [-0.2, -0.15) is 0 Å². The quantitative estimate of drug-likeness (QED) is 0.850. The number of benzene rings is 1. The Bertz CT molecular complexity index is 563. The number of nitrogens with zero attached hydrogens (tertiary/aromatic N) is 1. The number of carbonyl (C=O) groups excluding carboxylic acids is 2. The Morgan fingerprint density at radius 3 is 2.46 bits per heavy atom. The molecule has 24 heavy (non-hydrogen) atoms. The average Bonchev–Trinajstić information content (AvgIpc) is 2.52. The smallest absolute Gasteiger partial charge is 0.251 e. The van der Waals surface area contributed by atoms with E-state index in [0.717, 1.165) is 12.8 Å². The molecule has 134 valence electrons. The van der Waals surface area contributed by atoms with Crippen LogP contribution >= 0.6 is 24.0 Å². The predicted octanol–water partition coefficient (Wildman–Crippen LogP) is 2.47. The van der Waals surface area contributed by atoms with E-state index in [-0.39, 0.29) is 36.2 Å². The van der Waals surface area contributed by atoms with Gasteiger partial charge in [-0.3, -0.25) is 9.59 Å². The first-order valence-corrected chi connectivity index (χ1v) is 8.37. The molecule has 0 aromatic heterocycles. The predicted molar refractivity (Wildman–Crippen MR) is 98.6 cm³/mol. The van der Waals surface area contributed by atoms with Gasteiger partial charge in [-0.15, -0.1) is 12.4 Å². The highest BCUT2D eigenvalue weighted by atomic mass is 35.5. The molecule has 1 aromatic carbocycles. The standard InChI is InChI=1S/C17H24ClN3O2.ClH/c1-11(2)15(17(23)21-9-3-4-14(19)10-21)20-16(22)12-5-7-13(18)8-6-12;/h5-8,11,14-15H,3-4,9-10,19H2,1-2H3,(H,20,22);1H. The number of likely N-dealkylation sites (tertiary alicyclic amines) is 1. The summed E-state index contributed by atoms with van der Waals surface area (Å²) in [4.78, 5) is 26.9. The topological polar surface area (TPSA) is 75.4 Å². The van der Waals surface area contributed by atoms with Crippen molar-refractivity contribution in [3.8, 4) is 0 Å². The van der Waals surface area contributed by atoms with Crippen molar-refractivity contribution >= 4 is 35.8 Å². The van der Waals surface area contributed by atoms with Crippen LogP contribution in [-0.4, -0.2) is 41.9 Å². The molecule has 1 fully saturated rings. The normalized spacial score (nSPS) is 18.7. The van der Waals surface area contributed by atoms with Crippen LogP contribution in [0.3, 0.4) is 0 Å². The third kappa shape index (κ3) is 5.36. The van der Waals surface area contributed by atoms with Crippen LogP contribution in [0.25, 0.3) is 0 Å². The average molecular weight is 374 g/mol. The molecule has 5 nitrogen and oxygen atoms in total. The molecule has 1 aromatic rings. The SMILES string of the molecule is CC(C)C(NC(=O)c1ccc(Cl)cc1)C(=O)N1CCCC(N)C1.Cl. The number of nitrogens with one attached hydrogen (secondary N) is 1.